The zero-order valence-electron chi connectivity index (χ0n) is 17.2. The first-order valence-electron chi connectivity index (χ1n) is 9.63. The molecular weight excluding hydrogens is 429 g/mol. The summed E-state index contributed by atoms with van der Waals surface area (Å²) in [4.78, 5) is 16.9. The highest BCUT2D eigenvalue weighted by Crippen LogP contribution is 2.29. The number of sulfonamides is 1. The number of halogens is 2. The number of aryl methyl sites for hydroxylation is 1. The van der Waals surface area contributed by atoms with Gasteiger partial charge in [0.15, 0.2) is 0 Å². The van der Waals surface area contributed by atoms with Crippen molar-refractivity contribution in [3.8, 4) is 0 Å². The van der Waals surface area contributed by atoms with Crippen LogP contribution in [0.3, 0.4) is 0 Å². The maximum Gasteiger partial charge on any atom is 0.246 e. The lowest BCUT2D eigenvalue weighted by molar-refractivity contribution is -0.132. The first-order valence-corrected chi connectivity index (χ1v) is 11.9. The lowest BCUT2D eigenvalue weighted by Crippen LogP contribution is -2.55. The third kappa shape index (κ3) is 4.87. The Morgan fingerprint density at radius 3 is 2.27 bits per heavy atom. The van der Waals surface area contributed by atoms with Crippen LogP contribution in [0.1, 0.15) is 12.5 Å². The number of piperazine rings is 1. The summed E-state index contributed by atoms with van der Waals surface area (Å²) in [6.07, 6.45) is 1.09. The second-order valence-corrected chi connectivity index (χ2v) is 9.75. The maximum absolute atomic E-state index is 13.2. The van der Waals surface area contributed by atoms with E-state index in [2.05, 4.69) is 4.90 Å². The molecule has 1 heterocycles. The molecule has 2 aromatic carbocycles. The molecule has 6 nitrogen and oxygen atoms in total. The quantitative estimate of drug-likeness (QED) is 0.697. The standard InChI is InChI=1S/C21H25ClFN3O3S/c1-15-4-5-17(22)14-20(15)26(30(3,28)29)16(2)21(27)25-12-10-24(11-13-25)19-8-6-18(23)7-9-19/h4-9,14,16H,10-13H2,1-3H3/t16-/m1/s1. The van der Waals surface area contributed by atoms with Crippen LogP contribution in [-0.2, 0) is 14.8 Å². The molecular formula is C21H25ClFN3O3S. The molecule has 0 aromatic heterocycles. The van der Waals surface area contributed by atoms with E-state index in [1.165, 1.54) is 12.1 Å². The first kappa shape index (κ1) is 22.4. The molecule has 0 saturated carbocycles. The lowest BCUT2D eigenvalue weighted by atomic mass is 10.1. The van der Waals surface area contributed by atoms with E-state index in [0.29, 0.717) is 42.5 Å². The summed E-state index contributed by atoms with van der Waals surface area (Å²) < 4.78 is 39.4. The summed E-state index contributed by atoms with van der Waals surface area (Å²) in [5.74, 6) is -0.558. The molecule has 3 rings (SSSR count). The van der Waals surface area contributed by atoms with Crippen molar-refractivity contribution in [2.45, 2.75) is 19.9 Å². The van der Waals surface area contributed by atoms with E-state index in [1.54, 1.807) is 49.1 Å². The van der Waals surface area contributed by atoms with Gasteiger partial charge in [-0.15, -0.1) is 0 Å². The highest BCUT2D eigenvalue weighted by atomic mass is 35.5. The Labute approximate surface area is 181 Å². The number of hydrogen-bond acceptors (Lipinski definition) is 4. The van der Waals surface area contributed by atoms with Crippen molar-refractivity contribution in [1.29, 1.82) is 0 Å². The lowest BCUT2D eigenvalue weighted by Gasteiger charge is -2.39. The molecule has 2 aromatic rings. The van der Waals surface area contributed by atoms with Gasteiger partial charge in [-0.05, 0) is 55.8 Å². The molecule has 0 spiro atoms. The summed E-state index contributed by atoms with van der Waals surface area (Å²) in [5.41, 5.74) is 2.00. The minimum absolute atomic E-state index is 0.265. The van der Waals surface area contributed by atoms with Crippen LogP contribution in [0.4, 0.5) is 15.8 Å². The Bertz CT molecular complexity index is 1020. The summed E-state index contributed by atoms with van der Waals surface area (Å²) >= 11 is 6.08. The van der Waals surface area contributed by atoms with Crippen LogP contribution >= 0.6 is 11.6 Å². The highest BCUT2D eigenvalue weighted by Gasteiger charge is 2.34. The van der Waals surface area contributed by atoms with Gasteiger partial charge >= 0.3 is 0 Å². The summed E-state index contributed by atoms with van der Waals surface area (Å²) in [6.45, 7) is 5.44. The van der Waals surface area contributed by atoms with Gasteiger partial charge in [0.25, 0.3) is 0 Å². The van der Waals surface area contributed by atoms with E-state index in [-0.39, 0.29) is 11.7 Å². The van der Waals surface area contributed by atoms with E-state index < -0.39 is 16.1 Å². The smallest absolute Gasteiger partial charge is 0.246 e. The fraction of sp³-hybridized carbons (Fsp3) is 0.381. The normalized spacial score (nSPS) is 15.8. The largest absolute Gasteiger partial charge is 0.368 e. The first-order chi connectivity index (χ1) is 14.1. The molecule has 1 amide bonds. The van der Waals surface area contributed by atoms with E-state index in [0.717, 1.165) is 16.2 Å². The Morgan fingerprint density at radius 1 is 1.10 bits per heavy atom. The van der Waals surface area contributed by atoms with Gasteiger partial charge in [-0.2, -0.15) is 0 Å². The van der Waals surface area contributed by atoms with Crippen LogP contribution in [0.2, 0.25) is 5.02 Å². The predicted octanol–water partition coefficient (Wildman–Crippen LogP) is 3.29. The van der Waals surface area contributed by atoms with Gasteiger partial charge in [-0.1, -0.05) is 17.7 Å². The second kappa shape index (κ2) is 8.81. The molecule has 1 aliphatic rings. The fourth-order valence-electron chi connectivity index (χ4n) is 3.70. The fourth-order valence-corrected chi connectivity index (χ4v) is 5.08. The van der Waals surface area contributed by atoms with E-state index in [9.17, 15) is 17.6 Å². The van der Waals surface area contributed by atoms with Gasteiger partial charge in [-0.25, -0.2) is 12.8 Å². The Morgan fingerprint density at radius 2 is 1.70 bits per heavy atom. The van der Waals surface area contributed by atoms with Crippen LogP contribution in [0.5, 0.6) is 0 Å². The number of nitrogens with zero attached hydrogens (tertiary/aromatic N) is 3. The van der Waals surface area contributed by atoms with Crippen LogP contribution in [-0.4, -0.2) is 57.7 Å². The molecule has 0 N–H and O–H groups in total. The van der Waals surface area contributed by atoms with Gasteiger partial charge in [0.1, 0.15) is 11.9 Å². The van der Waals surface area contributed by atoms with Crippen LogP contribution in [0.15, 0.2) is 42.5 Å². The molecule has 0 bridgehead atoms. The average molecular weight is 454 g/mol. The monoisotopic (exact) mass is 453 g/mol. The molecule has 162 valence electrons. The van der Waals surface area contributed by atoms with Gasteiger partial charge in [0.2, 0.25) is 15.9 Å². The van der Waals surface area contributed by atoms with E-state index >= 15 is 0 Å². The van der Waals surface area contributed by atoms with Crippen molar-refractivity contribution >= 4 is 38.9 Å². The molecule has 0 unspecified atom stereocenters. The van der Waals surface area contributed by atoms with E-state index in [1.807, 2.05) is 0 Å². The SMILES string of the molecule is Cc1ccc(Cl)cc1N([C@H](C)C(=O)N1CCN(c2ccc(F)cc2)CC1)S(C)(=O)=O. The van der Waals surface area contributed by atoms with Crippen molar-refractivity contribution in [3.63, 3.8) is 0 Å². The van der Waals surface area contributed by atoms with Crippen molar-refractivity contribution in [2.24, 2.45) is 0 Å². The third-order valence-electron chi connectivity index (χ3n) is 5.26. The zero-order chi connectivity index (χ0) is 22.1. The topological polar surface area (TPSA) is 60.9 Å². The van der Waals surface area contributed by atoms with Crippen molar-refractivity contribution in [1.82, 2.24) is 4.90 Å². The predicted molar refractivity (Wildman–Crippen MR) is 118 cm³/mol. The van der Waals surface area contributed by atoms with Crippen LogP contribution < -0.4 is 9.21 Å². The molecule has 0 radical (unpaired) electrons. The molecule has 1 atom stereocenters. The summed E-state index contributed by atoms with van der Waals surface area (Å²) in [5, 5.41) is 0.400. The Hall–Kier alpha value is -2.32. The average Bonchev–Trinajstić information content (AvgIpc) is 2.70. The number of carbonyl (C=O) groups excluding carboxylic acids is 1. The van der Waals surface area contributed by atoms with Crippen LogP contribution in [0, 0.1) is 12.7 Å². The summed E-state index contributed by atoms with van der Waals surface area (Å²) in [6, 6.07) is 10.3. The molecule has 1 fully saturated rings. The van der Waals surface area contributed by atoms with Gasteiger partial charge in [0.05, 0.1) is 11.9 Å². The number of carbonyl (C=O) groups is 1. The number of amides is 1. The van der Waals surface area contributed by atoms with Crippen molar-refractivity contribution in [3.05, 3.63) is 58.9 Å². The zero-order valence-corrected chi connectivity index (χ0v) is 18.8. The van der Waals surface area contributed by atoms with Crippen molar-refractivity contribution < 1.29 is 17.6 Å². The van der Waals surface area contributed by atoms with Crippen molar-refractivity contribution in [2.75, 3.05) is 41.6 Å². The minimum Gasteiger partial charge on any atom is -0.368 e. The number of benzene rings is 2. The minimum atomic E-state index is -3.72. The van der Waals surface area contributed by atoms with Gasteiger partial charge in [-0.3, -0.25) is 9.10 Å². The van der Waals surface area contributed by atoms with Gasteiger partial charge < -0.3 is 9.80 Å². The molecule has 1 saturated heterocycles. The second-order valence-electron chi connectivity index (χ2n) is 7.45. The van der Waals surface area contributed by atoms with E-state index in [4.69, 9.17) is 11.6 Å². The number of hydrogen-bond donors (Lipinski definition) is 0. The molecule has 0 aliphatic carbocycles. The molecule has 30 heavy (non-hydrogen) atoms. The summed E-state index contributed by atoms with van der Waals surface area (Å²) in [7, 11) is -3.72. The molecule has 1 aliphatic heterocycles. The Kier molecular flexibility index (Phi) is 6.57. The molecule has 9 heteroatoms. The third-order valence-corrected chi connectivity index (χ3v) is 6.72. The highest BCUT2D eigenvalue weighted by molar-refractivity contribution is 7.92. The maximum atomic E-state index is 13.2. The van der Waals surface area contributed by atoms with Crippen LogP contribution in [0.25, 0.3) is 0 Å². The Balaban J connectivity index is 1.76. The van der Waals surface area contributed by atoms with Gasteiger partial charge in [0, 0.05) is 36.9 Å². The number of rotatable bonds is 5. The number of anilines is 2.